The third kappa shape index (κ3) is 35.3. The zero-order valence-electron chi connectivity index (χ0n) is 29.3. The predicted molar refractivity (Wildman–Crippen MR) is 186 cm³/mol. The van der Waals surface area contributed by atoms with Gasteiger partial charge in [-0.25, -0.2) is 0 Å². The maximum Gasteiger partial charge on any atom is 0.306 e. The van der Waals surface area contributed by atoms with E-state index >= 15 is 0 Å². The highest BCUT2D eigenvalue weighted by molar-refractivity contribution is 5.69. The fourth-order valence-corrected chi connectivity index (χ4v) is 6.19. The second kappa shape index (κ2) is 35.4. The SMILES string of the molecule is CCCCCCCCCCCCCCCCCCCCCC(=O)OC(CCCCCCCCCCC)CCCCC(=O)O. The number of carboxylic acid groups (broad SMARTS) is 1. The number of carbonyl (C=O) groups excluding carboxylic acids is 1. The first-order chi connectivity index (χ1) is 21.1. The van der Waals surface area contributed by atoms with Crippen LogP contribution in [-0.4, -0.2) is 23.1 Å². The van der Waals surface area contributed by atoms with Gasteiger partial charge in [0, 0.05) is 12.8 Å². The summed E-state index contributed by atoms with van der Waals surface area (Å²) >= 11 is 0. The monoisotopic (exact) mass is 609 g/mol. The number of carboxylic acids is 1. The van der Waals surface area contributed by atoms with Crippen molar-refractivity contribution in [2.24, 2.45) is 0 Å². The summed E-state index contributed by atoms with van der Waals surface area (Å²) in [6.45, 7) is 4.55. The number of carbonyl (C=O) groups is 2. The lowest BCUT2D eigenvalue weighted by Crippen LogP contribution is -2.18. The first-order valence-electron chi connectivity index (χ1n) is 19.5. The Balaban J connectivity index is 3.72. The lowest BCUT2D eigenvalue weighted by molar-refractivity contribution is -0.150. The highest BCUT2D eigenvalue weighted by atomic mass is 16.5. The Labute approximate surface area is 269 Å². The maximum atomic E-state index is 12.5. The molecule has 1 atom stereocenters. The molecule has 0 bridgehead atoms. The fourth-order valence-electron chi connectivity index (χ4n) is 6.19. The van der Waals surface area contributed by atoms with Crippen LogP contribution in [0.25, 0.3) is 0 Å². The van der Waals surface area contributed by atoms with E-state index in [1.54, 1.807) is 0 Å². The molecule has 0 aromatic heterocycles. The molecule has 0 rings (SSSR count). The van der Waals surface area contributed by atoms with Crippen LogP contribution < -0.4 is 0 Å². The number of aliphatic carboxylic acids is 1. The molecule has 0 radical (unpaired) electrons. The number of esters is 1. The van der Waals surface area contributed by atoms with E-state index in [4.69, 9.17) is 9.84 Å². The molecule has 0 aliphatic heterocycles. The van der Waals surface area contributed by atoms with Gasteiger partial charge in [0.05, 0.1) is 0 Å². The summed E-state index contributed by atoms with van der Waals surface area (Å²) in [7, 11) is 0. The first-order valence-corrected chi connectivity index (χ1v) is 19.5. The van der Waals surface area contributed by atoms with Gasteiger partial charge in [0.2, 0.25) is 0 Å². The van der Waals surface area contributed by atoms with Gasteiger partial charge in [-0.05, 0) is 38.5 Å². The smallest absolute Gasteiger partial charge is 0.306 e. The number of rotatable bonds is 36. The Hall–Kier alpha value is -1.06. The Bertz CT molecular complexity index is 576. The van der Waals surface area contributed by atoms with Crippen LogP contribution >= 0.6 is 0 Å². The molecule has 1 unspecified atom stereocenters. The standard InChI is InChI=1S/C39H76O4/c1-3-5-7-9-11-13-14-15-16-17-18-19-20-21-22-24-26-28-30-36-39(42)43-37(34-31-32-35-38(40)41)33-29-27-25-23-12-10-8-6-4-2/h37H,3-36H2,1-2H3,(H,40,41). The van der Waals surface area contributed by atoms with Crippen LogP contribution in [0.4, 0.5) is 0 Å². The van der Waals surface area contributed by atoms with Crippen LogP contribution in [0.15, 0.2) is 0 Å². The summed E-state index contributed by atoms with van der Waals surface area (Å²) < 4.78 is 5.88. The van der Waals surface area contributed by atoms with Crippen molar-refractivity contribution in [3.8, 4) is 0 Å². The van der Waals surface area contributed by atoms with Crippen LogP contribution in [-0.2, 0) is 14.3 Å². The molecule has 4 heteroatoms. The molecular formula is C39H76O4. The Morgan fingerprint density at radius 1 is 0.419 bits per heavy atom. The van der Waals surface area contributed by atoms with Crippen LogP contribution in [0.2, 0.25) is 0 Å². The summed E-state index contributed by atoms with van der Waals surface area (Å²) in [5.74, 6) is -0.789. The summed E-state index contributed by atoms with van der Waals surface area (Å²) in [6.07, 6.45) is 41.3. The Morgan fingerprint density at radius 3 is 1.05 bits per heavy atom. The molecule has 1 N–H and O–H groups in total. The zero-order valence-corrected chi connectivity index (χ0v) is 29.3. The van der Waals surface area contributed by atoms with Crippen molar-refractivity contribution in [1.29, 1.82) is 0 Å². The lowest BCUT2D eigenvalue weighted by Gasteiger charge is -2.18. The van der Waals surface area contributed by atoms with E-state index in [1.807, 2.05) is 0 Å². The minimum absolute atomic E-state index is 0.0360. The van der Waals surface area contributed by atoms with Gasteiger partial charge >= 0.3 is 11.9 Å². The maximum absolute atomic E-state index is 12.5. The lowest BCUT2D eigenvalue weighted by atomic mass is 10.0. The van der Waals surface area contributed by atoms with Crippen LogP contribution in [0.1, 0.15) is 232 Å². The molecule has 0 amide bonds. The van der Waals surface area contributed by atoms with Crippen molar-refractivity contribution in [3.63, 3.8) is 0 Å². The van der Waals surface area contributed by atoms with E-state index < -0.39 is 5.97 Å². The van der Waals surface area contributed by atoms with E-state index in [0.29, 0.717) is 12.8 Å². The van der Waals surface area contributed by atoms with E-state index in [1.165, 1.54) is 161 Å². The molecule has 0 aliphatic carbocycles. The van der Waals surface area contributed by atoms with Crippen molar-refractivity contribution in [1.82, 2.24) is 0 Å². The molecular weight excluding hydrogens is 532 g/mol. The van der Waals surface area contributed by atoms with Crippen molar-refractivity contribution in [3.05, 3.63) is 0 Å². The minimum atomic E-state index is -0.739. The van der Waals surface area contributed by atoms with Crippen molar-refractivity contribution in [2.75, 3.05) is 0 Å². The van der Waals surface area contributed by atoms with Gasteiger partial charge in [-0.15, -0.1) is 0 Å². The average molecular weight is 609 g/mol. The van der Waals surface area contributed by atoms with Crippen LogP contribution in [0.3, 0.4) is 0 Å². The highest BCUT2D eigenvalue weighted by Gasteiger charge is 2.14. The summed E-state index contributed by atoms with van der Waals surface area (Å²) in [5, 5.41) is 8.92. The summed E-state index contributed by atoms with van der Waals surface area (Å²) in [6, 6.07) is 0. The molecule has 0 aliphatic rings. The van der Waals surface area contributed by atoms with E-state index in [9.17, 15) is 9.59 Å². The van der Waals surface area contributed by atoms with E-state index in [0.717, 1.165) is 38.5 Å². The van der Waals surface area contributed by atoms with E-state index in [-0.39, 0.29) is 18.5 Å². The molecule has 4 nitrogen and oxygen atoms in total. The molecule has 0 spiro atoms. The molecule has 0 saturated carbocycles. The second-order valence-electron chi connectivity index (χ2n) is 13.5. The zero-order chi connectivity index (χ0) is 31.5. The second-order valence-corrected chi connectivity index (χ2v) is 13.5. The first kappa shape index (κ1) is 41.9. The minimum Gasteiger partial charge on any atom is -0.481 e. The third-order valence-corrected chi connectivity index (χ3v) is 9.08. The quantitative estimate of drug-likeness (QED) is 0.0567. The average Bonchev–Trinajstić information content (AvgIpc) is 2.99. The molecule has 0 heterocycles. The number of ether oxygens (including phenoxy) is 1. The normalized spacial score (nSPS) is 12.0. The Morgan fingerprint density at radius 2 is 0.698 bits per heavy atom. The van der Waals surface area contributed by atoms with Crippen molar-refractivity contribution in [2.45, 2.75) is 238 Å². The van der Waals surface area contributed by atoms with Gasteiger partial charge in [-0.2, -0.15) is 0 Å². The predicted octanol–water partition coefficient (Wildman–Crippen LogP) is 13.3. The molecule has 0 fully saturated rings. The van der Waals surface area contributed by atoms with Gasteiger partial charge in [-0.3, -0.25) is 9.59 Å². The van der Waals surface area contributed by atoms with Crippen molar-refractivity contribution < 1.29 is 19.4 Å². The molecule has 256 valence electrons. The van der Waals surface area contributed by atoms with Gasteiger partial charge in [0.15, 0.2) is 0 Å². The summed E-state index contributed by atoms with van der Waals surface area (Å²) in [5.41, 5.74) is 0. The van der Waals surface area contributed by atoms with Crippen LogP contribution in [0.5, 0.6) is 0 Å². The number of unbranched alkanes of at least 4 members (excludes halogenated alkanes) is 27. The van der Waals surface area contributed by atoms with Gasteiger partial charge in [0.1, 0.15) is 6.10 Å². The number of hydrogen-bond donors (Lipinski definition) is 1. The molecule has 0 aromatic carbocycles. The molecule has 43 heavy (non-hydrogen) atoms. The largest absolute Gasteiger partial charge is 0.481 e. The molecule has 0 aromatic rings. The third-order valence-electron chi connectivity index (χ3n) is 9.08. The summed E-state index contributed by atoms with van der Waals surface area (Å²) in [4.78, 5) is 23.4. The van der Waals surface area contributed by atoms with E-state index in [2.05, 4.69) is 13.8 Å². The van der Waals surface area contributed by atoms with Gasteiger partial charge < -0.3 is 9.84 Å². The molecule has 0 saturated heterocycles. The van der Waals surface area contributed by atoms with Crippen LogP contribution in [0, 0.1) is 0 Å². The number of hydrogen-bond acceptors (Lipinski definition) is 3. The van der Waals surface area contributed by atoms with Crippen molar-refractivity contribution >= 4 is 11.9 Å². The van der Waals surface area contributed by atoms with Gasteiger partial charge in [-0.1, -0.05) is 181 Å². The fraction of sp³-hybridized carbons (Fsp3) is 0.949. The topological polar surface area (TPSA) is 63.6 Å². The highest BCUT2D eigenvalue weighted by Crippen LogP contribution is 2.19. The van der Waals surface area contributed by atoms with Gasteiger partial charge in [0.25, 0.3) is 0 Å². The Kier molecular flexibility index (Phi) is 34.5.